The van der Waals surface area contributed by atoms with E-state index < -0.39 is 0 Å². The molecular formula is C20H24FN3O. The Morgan fingerprint density at radius 1 is 1.12 bits per heavy atom. The number of hydrogen-bond acceptors (Lipinski definition) is 2. The molecule has 1 aliphatic heterocycles. The summed E-state index contributed by atoms with van der Waals surface area (Å²) in [5.74, 6) is 0.490. The molecule has 2 aromatic rings. The van der Waals surface area contributed by atoms with E-state index in [9.17, 15) is 9.18 Å². The Hall–Kier alpha value is -2.17. The summed E-state index contributed by atoms with van der Waals surface area (Å²) in [6.45, 7) is 3.88. The maximum atomic E-state index is 13.3. The van der Waals surface area contributed by atoms with Gasteiger partial charge in [-0.25, -0.2) is 9.07 Å². The third-order valence-electron chi connectivity index (χ3n) is 5.52. The molecule has 0 spiro atoms. The summed E-state index contributed by atoms with van der Waals surface area (Å²) < 4.78 is 15.1. The van der Waals surface area contributed by atoms with Crippen molar-refractivity contribution < 1.29 is 9.18 Å². The van der Waals surface area contributed by atoms with Crippen LogP contribution in [0.1, 0.15) is 54.4 Å². The van der Waals surface area contributed by atoms with Gasteiger partial charge in [-0.2, -0.15) is 5.10 Å². The lowest BCUT2D eigenvalue weighted by molar-refractivity contribution is 0.0689. The Morgan fingerprint density at radius 3 is 2.52 bits per heavy atom. The normalized spacial score (nSPS) is 18.2. The zero-order valence-corrected chi connectivity index (χ0v) is 14.7. The average molecular weight is 341 g/mol. The minimum atomic E-state index is -0.261. The summed E-state index contributed by atoms with van der Waals surface area (Å²) in [6, 6.07) is 6.35. The van der Waals surface area contributed by atoms with E-state index in [4.69, 9.17) is 0 Å². The van der Waals surface area contributed by atoms with Crippen LogP contribution in [0, 0.1) is 11.7 Å². The van der Waals surface area contributed by atoms with Gasteiger partial charge >= 0.3 is 0 Å². The van der Waals surface area contributed by atoms with E-state index in [1.54, 1.807) is 12.1 Å². The van der Waals surface area contributed by atoms with Gasteiger partial charge in [-0.1, -0.05) is 6.92 Å². The van der Waals surface area contributed by atoms with Crippen LogP contribution >= 0.6 is 0 Å². The van der Waals surface area contributed by atoms with Crippen molar-refractivity contribution in [2.75, 3.05) is 13.1 Å². The molecule has 5 heteroatoms. The molecule has 1 fully saturated rings. The van der Waals surface area contributed by atoms with Crippen LogP contribution in [0.25, 0.3) is 5.69 Å². The molecule has 1 saturated heterocycles. The van der Waals surface area contributed by atoms with Crippen LogP contribution in [0.4, 0.5) is 4.39 Å². The van der Waals surface area contributed by atoms with Gasteiger partial charge in [0.05, 0.1) is 5.69 Å². The van der Waals surface area contributed by atoms with Crippen molar-refractivity contribution >= 4 is 5.91 Å². The van der Waals surface area contributed by atoms with Crippen LogP contribution in [0.15, 0.2) is 24.3 Å². The smallest absolute Gasteiger partial charge is 0.274 e. The highest BCUT2D eigenvalue weighted by atomic mass is 19.1. The molecule has 0 saturated carbocycles. The number of carbonyl (C=O) groups is 1. The van der Waals surface area contributed by atoms with Crippen molar-refractivity contribution in [3.8, 4) is 5.69 Å². The van der Waals surface area contributed by atoms with Gasteiger partial charge in [0.25, 0.3) is 5.91 Å². The van der Waals surface area contributed by atoms with Gasteiger partial charge in [0, 0.05) is 24.3 Å². The van der Waals surface area contributed by atoms with Crippen molar-refractivity contribution in [2.45, 2.75) is 45.4 Å². The van der Waals surface area contributed by atoms with Crippen LogP contribution in [0.3, 0.4) is 0 Å². The number of piperidine rings is 1. The first-order chi connectivity index (χ1) is 12.1. The molecule has 1 aliphatic carbocycles. The van der Waals surface area contributed by atoms with Gasteiger partial charge in [0.2, 0.25) is 0 Å². The molecule has 132 valence electrons. The summed E-state index contributed by atoms with van der Waals surface area (Å²) >= 11 is 0. The number of fused-ring (bicyclic) bond motifs is 1. The van der Waals surface area contributed by atoms with Gasteiger partial charge in [0.1, 0.15) is 5.82 Å². The van der Waals surface area contributed by atoms with Crippen molar-refractivity contribution in [3.63, 3.8) is 0 Å². The highest BCUT2D eigenvalue weighted by Gasteiger charge is 2.29. The minimum absolute atomic E-state index is 0.0610. The van der Waals surface area contributed by atoms with E-state index >= 15 is 0 Å². The maximum absolute atomic E-state index is 13.3. The number of carbonyl (C=O) groups excluding carboxylic acids is 1. The Kier molecular flexibility index (Phi) is 4.32. The molecule has 25 heavy (non-hydrogen) atoms. The van der Waals surface area contributed by atoms with Crippen molar-refractivity contribution in [2.24, 2.45) is 5.92 Å². The standard InChI is InChI=1S/C20H24FN3O/c1-14-10-12-23(13-11-14)20(25)19-17-4-2-3-5-18(17)24(22-19)16-8-6-15(21)7-9-16/h6-9,14H,2-5,10-13H2,1H3. The monoisotopic (exact) mass is 341 g/mol. The number of likely N-dealkylation sites (tertiary alicyclic amines) is 1. The molecule has 2 heterocycles. The van der Waals surface area contributed by atoms with Crippen LogP contribution in [-0.2, 0) is 12.8 Å². The molecule has 0 unspecified atom stereocenters. The van der Waals surface area contributed by atoms with E-state index in [-0.39, 0.29) is 11.7 Å². The zero-order chi connectivity index (χ0) is 17.4. The van der Waals surface area contributed by atoms with Gasteiger partial charge in [-0.15, -0.1) is 0 Å². The SMILES string of the molecule is CC1CCN(C(=O)c2nn(-c3ccc(F)cc3)c3c2CCCC3)CC1. The maximum Gasteiger partial charge on any atom is 0.274 e. The number of halogens is 1. The first-order valence-electron chi connectivity index (χ1n) is 9.29. The molecule has 0 N–H and O–H groups in total. The fourth-order valence-electron chi connectivity index (χ4n) is 3.93. The van der Waals surface area contributed by atoms with Crippen molar-refractivity contribution in [1.29, 1.82) is 0 Å². The predicted octanol–water partition coefficient (Wildman–Crippen LogP) is 3.76. The van der Waals surface area contributed by atoms with E-state index in [1.165, 1.54) is 12.1 Å². The molecule has 1 aromatic heterocycles. The first kappa shape index (κ1) is 16.3. The summed E-state index contributed by atoms with van der Waals surface area (Å²) in [7, 11) is 0. The second-order valence-electron chi connectivity index (χ2n) is 7.34. The average Bonchev–Trinajstić information content (AvgIpc) is 3.02. The lowest BCUT2D eigenvalue weighted by atomic mass is 9.94. The number of hydrogen-bond donors (Lipinski definition) is 0. The quantitative estimate of drug-likeness (QED) is 0.834. The van der Waals surface area contributed by atoms with Crippen LogP contribution in [-0.4, -0.2) is 33.7 Å². The topological polar surface area (TPSA) is 38.1 Å². The fourth-order valence-corrected chi connectivity index (χ4v) is 3.93. The minimum Gasteiger partial charge on any atom is -0.337 e. The summed E-state index contributed by atoms with van der Waals surface area (Å²) in [4.78, 5) is 15.0. The molecule has 0 atom stereocenters. The Bertz CT molecular complexity index is 773. The Labute approximate surface area is 147 Å². The third kappa shape index (κ3) is 3.08. The molecule has 4 rings (SSSR count). The first-order valence-corrected chi connectivity index (χ1v) is 9.29. The molecule has 1 amide bonds. The number of aromatic nitrogens is 2. The largest absolute Gasteiger partial charge is 0.337 e. The van der Waals surface area contributed by atoms with Crippen molar-refractivity contribution in [1.82, 2.24) is 14.7 Å². The highest BCUT2D eigenvalue weighted by Crippen LogP contribution is 2.28. The van der Waals surface area contributed by atoms with Crippen LogP contribution in [0.5, 0.6) is 0 Å². The highest BCUT2D eigenvalue weighted by molar-refractivity contribution is 5.94. The Balaban J connectivity index is 1.70. The molecule has 2 aliphatic rings. The molecule has 1 aromatic carbocycles. The molecule has 0 radical (unpaired) electrons. The molecular weight excluding hydrogens is 317 g/mol. The summed E-state index contributed by atoms with van der Waals surface area (Å²) in [6.07, 6.45) is 6.15. The molecule has 0 bridgehead atoms. The van der Waals surface area contributed by atoms with Gasteiger partial charge in [0.15, 0.2) is 5.69 Å². The lowest BCUT2D eigenvalue weighted by Gasteiger charge is -2.30. The zero-order valence-electron chi connectivity index (χ0n) is 14.7. The number of nitrogens with zero attached hydrogens (tertiary/aromatic N) is 3. The van der Waals surface area contributed by atoms with Crippen LogP contribution < -0.4 is 0 Å². The number of amides is 1. The fraction of sp³-hybridized carbons (Fsp3) is 0.500. The number of benzene rings is 1. The van der Waals surface area contributed by atoms with Crippen LogP contribution in [0.2, 0.25) is 0 Å². The summed E-state index contributed by atoms with van der Waals surface area (Å²) in [5.41, 5.74) is 3.64. The molecule has 4 nitrogen and oxygen atoms in total. The van der Waals surface area contributed by atoms with E-state index in [0.29, 0.717) is 11.6 Å². The predicted molar refractivity (Wildman–Crippen MR) is 94.5 cm³/mol. The number of rotatable bonds is 2. The van der Waals surface area contributed by atoms with E-state index in [1.807, 2.05) is 9.58 Å². The van der Waals surface area contributed by atoms with Gasteiger partial charge in [-0.05, 0) is 68.7 Å². The third-order valence-corrected chi connectivity index (χ3v) is 5.52. The second-order valence-corrected chi connectivity index (χ2v) is 7.34. The van der Waals surface area contributed by atoms with E-state index in [0.717, 1.165) is 68.6 Å². The van der Waals surface area contributed by atoms with Gasteiger partial charge in [-0.3, -0.25) is 4.79 Å². The Morgan fingerprint density at radius 2 is 1.80 bits per heavy atom. The van der Waals surface area contributed by atoms with Gasteiger partial charge < -0.3 is 4.90 Å². The lowest BCUT2D eigenvalue weighted by Crippen LogP contribution is -2.38. The van der Waals surface area contributed by atoms with Crippen molar-refractivity contribution in [3.05, 3.63) is 47.0 Å². The van der Waals surface area contributed by atoms with E-state index in [2.05, 4.69) is 12.0 Å². The summed E-state index contributed by atoms with van der Waals surface area (Å²) in [5, 5.41) is 4.69. The second kappa shape index (κ2) is 6.62.